The molecule has 0 spiro atoms. The third-order valence-corrected chi connectivity index (χ3v) is 5.77. The summed E-state index contributed by atoms with van der Waals surface area (Å²) in [6.45, 7) is 2.66. The van der Waals surface area contributed by atoms with Gasteiger partial charge in [0.2, 0.25) is 0 Å². The zero-order valence-electron chi connectivity index (χ0n) is 16.4. The van der Waals surface area contributed by atoms with E-state index in [1.807, 2.05) is 13.0 Å². The van der Waals surface area contributed by atoms with E-state index in [4.69, 9.17) is 9.47 Å². The monoisotopic (exact) mass is 410 g/mol. The summed E-state index contributed by atoms with van der Waals surface area (Å²) in [6, 6.07) is 9.11. The number of amides is 1. The molecule has 29 heavy (non-hydrogen) atoms. The maximum Gasteiger partial charge on any atom is 0.341 e. The molecule has 150 valence electrons. The molecule has 0 saturated heterocycles. The van der Waals surface area contributed by atoms with Gasteiger partial charge in [-0.2, -0.15) is 5.26 Å². The quantitative estimate of drug-likeness (QED) is 0.416. The summed E-state index contributed by atoms with van der Waals surface area (Å²) in [4.78, 5) is 26.0. The van der Waals surface area contributed by atoms with Gasteiger partial charge in [0.15, 0.2) is 0 Å². The van der Waals surface area contributed by atoms with Gasteiger partial charge in [-0.05, 0) is 55.0 Å². The van der Waals surface area contributed by atoms with Gasteiger partial charge in [-0.1, -0.05) is 19.1 Å². The Hall–Kier alpha value is -3.11. The predicted molar refractivity (Wildman–Crippen MR) is 112 cm³/mol. The van der Waals surface area contributed by atoms with Gasteiger partial charge in [0, 0.05) is 4.88 Å². The molecule has 6 nitrogen and oxygen atoms in total. The summed E-state index contributed by atoms with van der Waals surface area (Å²) in [5.41, 5.74) is 2.02. The van der Waals surface area contributed by atoms with Gasteiger partial charge in [0.05, 0.1) is 19.3 Å². The number of esters is 1. The van der Waals surface area contributed by atoms with Crippen LogP contribution in [0.15, 0.2) is 29.8 Å². The van der Waals surface area contributed by atoms with E-state index in [0.717, 1.165) is 41.9 Å². The van der Waals surface area contributed by atoms with Crippen LogP contribution in [0.25, 0.3) is 6.08 Å². The second-order valence-corrected chi connectivity index (χ2v) is 7.70. The van der Waals surface area contributed by atoms with E-state index >= 15 is 0 Å². The van der Waals surface area contributed by atoms with Crippen LogP contribution < -0.4 is 10.1 Å². The Kier molecular flexibility index (Phi) is 6.68. The molecular formula is C22H22N2O4S. The first kappa shape index (κ1) is 20.6. The summed E-state index contributed by atoms with van der Waals surface area (Å²) in [6.07, 6.45) is 5.09. The molecule has 0 unspecified atom stereocenters. The van der Waals surface area contributed by atoms with Crippen molar-refractivity contribution >= 4 is 34.3 Å². The van der Waals surface area contributed by atoms with Crippen LogP contribution in [-0.2, 0) is 22.4 Å². The number of nitrogens with zero attached hydrogens (tertiary/aromatic N) is 1. The number of thiophene rings is 1. The summed E-state index contributed by atoms with van der Waals surface area (Å²) in [5.74, 6) is -0.281. The average molecular weight is 410 g/mol. The second-order valence-electron chi connectivity index (χ2n) is 6.59. The van der Waals surface area contributed by atoms with Crippen LogP contribution in [0, 0.1) is 11.3 Å². The maximum atomic E-state index is 12.7. The summed E-state index contributed by atoms with van der Waals surface area (Å²) >= 11 is 1.38. The lowest BCUT2D eigenvalue weighted by molar-refractivity contribution is -0.112. The summed E-state index contributed by atoms with van der Waals surface area (Å²) in [5, 5.41) is 12.6. The van der Waals surface area contributed by atoms with Gasteiger partial charge in [-0.15, -0.1) is 11.3 Å². The number of anilines is 1. The molecule has 1 aliphatic rings. The number of nitrogens with one attached hydrogen (secondary N) is 1. The minimum atomic E-state index is -0.552. The van der Waals surface area contributed by atoms with Gasteiger partial charge >= 0.3 is 5.97 Å². The van der Waals surface area contributed by atoms with E-state index < -0.39 is 11.9 Å². The zero-order chi connectivity index (χ0) is 20.8. The summed E-state index contributed by atoms with van der Waals surface area (Å²) < 4.78 is 10.4. The number of fused-ring (bicyclic) bond motifs is 1. The molecule has 1 heterocycles. The van der Waals surface area contributed by atoms with Gasteiger partial charge < -0.3 is 14.8 Å². The Morgan fingerprint density at radius 1 is 1.28 bits per heavy atom. The molecule has 0 atom stereocenters. The van der Waals surface area contributed by atoms with Crippen LogP contribution in [0.1, 0.15) is 46.1 Å². The lowest BCUT2D eigenvalue weighted by Crippen LogP contribution is -2.15. The van der Waals surface area contributed by atoms with Crippen molar-refractivity contribution in [1.82, 2.24) is 0 Å². The smallest absolute Gasteiger partial charge is 0.341 e. The number of carbonyl (C=O) groups excluding carboxylic acids is 2. The third-order valence-electron chi connectivity index (χ3n) is 4.57. The van der Waals surface area contributed by atoms with E-state index in [2.05, 4.69) is 5.32 Å². The van der Waals surface area contributed by atoms with Crippen LogP contribution >= 0.6 is 11.3 Å². The van der Waals surface area contributed by atoms with Crippen LogP contribution in [0.4, 0.5) is 5.00 Å². The highest BCUT2D eigenvalue weighted by atomic mass is 32.1. The number of methoxy groups -OCH3 is 1. The number of benzene rings is 1. The number of nitriles is 1. The maximum absolute atomic E-state index is 12.7. The van der Waals surface area contributed by atoms with Crippen molar-refractivity contribution in [2.75, 3.05) is 19.0 Å². The molecule has 0 radical (unpaired) electrons. The van der Waals surface area contributed by atoms with Crippen molar-refractivity contribution in [3.63, 3.8) is 0 Å². The fourth-order valence-electron chi connectivity index (χ4n) is 3.18. The number of aryl methyl sites for hydroxylation is 1. The first-order valence-electron chi connectivity index (χ1n) is 9.46. The topological polar surface area (TPSA) is 88.4 Å². The van der Waals surface area contributed by atoms with E-state index in [1.165, 1.54) is 24.5 Å². The van der Waals surface area contributed by atoms with Gasteiger partial charge in [-0.3, -0.25) is 4.79 Å². The molecule has 1 amide bonds. The number of rotatable bonds is 7. The molecule has 2 aromatic rings. The van der Waals surface area contributed by atoms with Gasteiger partial charge in [-0.25, -0.2) is 4.79 Å². The highest BCUT2D eigenvalue weighted by Crippen LogP contribution is 2.39. The predicted octanol–water partition coefficient (Wildman–Crippen LogP) is 4.36. The van der Waals surface area contributed by atoms with Gasteiger partial charge in [0.1, 0.15) is 22.4 Å². The molecule has 0 saturated carbocycles. The van der Waals surface area contributed by atoms with Crippen LogP contribution in [0.2, 0.25) is 0 Å². The molecule has 0 bridgehead atoms. The fraction of sp³-hybridized carbons (Fsp3) is 0.318. The van der Waals surface area contributed by atoms with Crippen LogP contribution in [0.3, 0.4) is 0 Å². The van der Waals surface area contributed by atoms with E-state index in [1.54, 1.807) is 24.3 Å². The fourth-order valence-corrected chi connectivity index (χ4v) is 4.45. The Morgan fingerprint density at radius 3 is 2.69 bits per heavy atom. The Morgan fingerprint density at radius 2 is 2.03 bits per heavy atom. The van der Waals surface area contributed by atoms with Crippen molar-refractivity contribution < 1.29 is 19.1 Å². The Labute approximate surface area is 173 Å². The molecule has 1 aromatic carbocycles. The molecule has 7 heteroatoms. The third kappa shape index (κ3) is 4.66. The first-order valence-corrected chi connectivity index (χ1v) is 10.3. The normalized spacial score (nSPS) is 12.8. The molecule has 1 N–H and O–H groups in total. The van der Waals surface area contributed by atoms with Crippen molar-refractivity contribution in [3.05, 3.63) is 51.4 Å². The van der Waals surface area contributed by atoms with Crippen LogP contribution in [-0.4, -0.2) is 25.6 Å². The lowest BCUT2D eigenvalue weighted by atomic mass is 10.1. The Bertz CT molecular complexity index is 983. The van der Waals surface area contributed by atoms with Crippen LogP contribution in [0.5, 0.6) is 5.75 Å². The lowest BCUT2D eigenvalue weighted by Gasteiger charge is -2.07. The zero-order valence-corrected chi connectivity index (χ0v) is 17.2. The van der Waals surface area contributed by atoms with E-state index in [9.17, 15) is 14.9 Å². The SMILES string of the molecule is CCCOc1ccc(/C=C(/C#N)C(=O)Nc2sc3c(c2C(=O)OC)CCC3)cc1. The number of hydrogen-bond donors (Lipinski definition) is 1. The van der Waals surface area contributed by atoms with Crippen molar-refractivity contribution in [3.8, 4) is 11.8 Å². The van der Waals surface area contributed by atoms with Gasteiger partial charge in [0.25, 0.3) is 5.91 Å². The standard InChI is InChI=1S/C22H22N2O4S/c1-3-11-28-16-9-7-14(8-10-16)12-15(13-23)20(25)24-21-19(22(26)27-2)17-5-4-6-18(17)29-21/h7-10,12H,3-6,11H2,1-2H3,(H,24,25)/b15-12-. The molecule has 0 aliphatic heterocycles. The molecule has 0 fully saturated rings. The largest absolute Gasteiger partial charge is 0.494 e. The number of hydrogen-bond acceptors (Lipinski definition) is 6. The molecular weight excluding hydrogens is 388 g/mol. The second kappa shape index (κ2) is 9.39. The molecule has 3 rings (SSSR count). The van der Waals surface area contributed by atoms with E-state index in [-0.39, 0.29) is 5.57 Å². The number of carbonyl (C=O) groups is 2. The molecule has 1 aromatic heterocycles. The highest BCUT2D eigenvalue weighted by Gasteiger charge is 2.28. The number of ether oxygens (including phenoxy) is 2. The summed E-state index contributed by atoms with van der Waals surface area (Å²) in [7, 11) is 1.32. The highest BCUT2D eigenvalue weighted by molar-refractivity contribution is 7.17. The van der Waals surface area contributed by atoms with Crippen molar-refractivity contribution in [2.24, 2.45) is 0 Å². The molecule has 1 aliphatic carbocycles. The first-order chi connectivity index (χ1) is 14.1. The minimum absolute atomic E-state index is 0.0448. The van der Waals surface area contributed by atoms with Crippen molar-refractivity contribution in [2.45, 2.75) is 32.6 Å². The average Bonchev–Trinajstić information content (AvgIpc) is 3.31. The Balaban J connectivity index is 1.80. The minimum Gasteiger partial charge on any atom is -0.494 e. The van der Waals surface area contributed by atoms with E-state index in [0.29, 0.717) is 22.7 Å². The van der Waals surface area contributed by atoms with Crippen molar-refractivity contribution in [1.29, 1.82) is 5.26 Å².